The fourth-order valence-electron chi connectivity index (χ4n) is 2.25. The van der Waals surface area contributed by atoms with Crippen molar-refractivity contribution >= 4 is 21.6 Å². The predicted octanol–water partition coefficient (Wildman–Crippen LogP) is 0.502. The van der Waals surface area contributed by atoms with Gasteiger partial charge in [-0.15, -0.1) is 0 Å². The zero-order valence-corrected chi connectivity index (χ0v) is 13.0. The molecule has 0 spiro atoms. The van der Waals surface area contributed by atoms with Gasteiger partial charge in [-0.3, -0.25) is 4.79 Å². The number of anilines is 1. The van der Waals surface area contributed by atoms with Crippen LogP contribution in [0.15, 0.2) is 23.1 Å². The first-order chi connectivity index (χ1) is 9.85. The molecular weight excluding hydrogens is 292 g/mol. The van der Waals surface area contributed by atoms with Crippen LogP contribution in [0.25, 0.3) is 0 Å². The van der Waals surface area contributed by atoms with Crippen molar-refractivity contribution in [1.29, 1.82) is 0 Å². The third-order valence-electron chi connectivity index (χ3n) is 3.58. The van der Waals surface area contributed by atoms with Crippen LogP contribution in [0.5, 0.6) is 0 Å². The zero-order valence-electron chi connectivity index (χ0n) is 12.2. The van der Waals surface area contributed by atoms with Crippen molar-refractivity contribution in [3.63, 3.8) is 0 Å². The Bertz CT molecular complexity index is 642. The zero-order chi connectivity index (χ0) is 15.6. The van der Waals surface area contributed by atoms with E-state index in [4.69, 9.17) is 5.11 Å². The van der Waals surface area contributed by atoms with Gasteiger partial charge in [-0.2, -0.15) is 0 Å². The minimum Gasteiger partial charge on any atom is -0.396 e. The molecule has 0 aliphatic carbocycles. The number of carbonyl (C=O) groups excluding carboxylic acids is 1. The van der Waals surface area contributed by atoms with Crippen molar-refractivity contribution in [3.8, 4) is 0 Å². The van der Waals surface area contributed by atoms with Gasteiger partial charge in [-0.05, 0) is 30.0 Å². The van der Waals surface area contributed by atoms with Crippen molar-refractivity contribution in [1.82, 2.24) is 4.72 Å². The molecule has 0 saturated carbocycles. The van der Waals surface area contributed by atoms with E-state index in [9.17, 15) is 13.2 Å². The number of hydrogen-bond donors (Lipinski definition) is 2. The maximum Gasteiger partial charge on any atom is 0.240 e. The van der Waals surface area contributed by atoms with Crippen LogP contribution in [0, 0.1) is 5.92 Å². The highest BCUT2D eigenvalue weighted by molar-refractivity contribution is 7.89. The lowest BCUT2D eigenvalue weighted by Gasteiger charge is -2.16. The van der Waals surface area contributed by atoms with Crippen molar-refractivity contribution < 1.29 is 18.3 Å². The summed E-state index contributed by atoms with van der Waals surface area (Å²) >= 11 is 0. The van der Waals surface area contributed by atoms with Gasteiger partial charge in [0.05, 0.1) is 4.90 Å². The van der Waals surface area contributed by atoms with Crippen molar-refractivity contribution in [2.75, 3.05) is 24.6 Å². The van der Waals surface area contributed by atoms with E-state index in [0.29, 0.717) is 12.2 Å². The maximum atomic E-state index is 12.2. The van der Waals surface area contributed by atoms with Gasteiger partial charge >= 0.3 is 0 Å². The summed E-state index contributed by atoms with van der Waals surface area (Å²) in [6, 6.07) is 4.84. The van der Waals surface area contributed by atoms with Crippen molar-refractivity contribution in [3.05, 3.63) is 23.8 Å². The van der Waals surface area contributed by atoms with Crippen LogP contribution in [-0.4, -0.2) is 39.1 Å². The summed E-state index contributed by atoms with van der Waals surface area (Å²) in [5, 5.41) is 8.95. The highest BCUT2D eigenvalue weighted by atomic mass is 32.2. The van der Waals surface area contributed by atoms with Gasteiger partial charge in [-0.1, -0.05) is 13.0 Å². The number of amides is 1. The molecule has 0 saturated heterocycles. The summed E-state index contributed by atoms with van der Waals surface area (Å²) in [6.45, 7) is 3.90. The summed E-state index contributed by atoms with van der Waals surface area (Å²) < 4.78 is 26.9. The first kappa shape index (κ1) is 15.9. The van der Waals surface area contributed by atoms with E-state index in [2.05, 4.69) is 4.72 Å². The average molecular weight is 312 g/mol. The highest BCUT2D eigenvalue weighted by Gasteiger charge is 2.25. The SMILES string of the molecule is CC(=O)N1CCc2ccc(S(=O)(=O)NCC(C)CO)cc21. The molecule has 1 heterocycles. The molecule has 7 heteroatoms. The Labute approximate surface area is 124 Å². The molecule has 0 bridgehead atoms. The van der Waals surface area contributed by atoms with Gasteiger partial charge in [0, 0.05) is 32.3 Å². The van der Waals surface area contributed by atoms with E-state index < -0.39 is 10.0 Å². The summed E-state index contributed by atoms with van der Waals surface area (Å²) in [4.78, 5) is 13.3. The Morgan fingerprint density at radius 2 is 2.19 bits per heavy atom. The summed E-state index contributed by atoms with van der Waals surface area (Å²) in [7, 11) is -3.64. The highest BCUT2D eigenvalue weighted by Crippen LogP contribution is 2.30. The topological polar surface area (TPSA) is 86.7 Å². The van der Waals surface area contributed by atoms with E-state index in [1.165, 1.54) is 13.0 Å². The molecule has 21 heavy (non-hydrogen) atoms. The largest absolute Gasteiger partial charge is 0.396 e. The van der Waals surface area contributed by atoms with E-state index in [0.717, 1.165) is 12.0 Å². The summed E-state index contributed by atoms with van der Waals surface area (Å²) in [5.74, 6) is -0.243. The van der Waals surface area contributed by atoms with Crippen LogP contribution in [-0.2, 0) is 21.2 Å². The lowest BCUT2D eigenvalue weighted by molar-refractivity contribution is -0.116. The van der Waals surface area contributed by atoms with Crippen molar-refractivity contribution in [2.24, 2.45) is 5.92 Å². The number of hydrogen-bond acceptors (Lipinski definition) is 4. The molecule has 6 nitrogen and oxygen atoms in total. The Balaban J connectivity index is 2.25. The number of sulfonamides is 1. The number of benzene rings is 1. The molecule has 116 valence electrons. The molecule has 0 radical (unpaired) electrons. The Morgan fingerprint density at radius 3 is 2.81 bits per heavy atom. The molecular formula is C14H20N2O4S. The third kappa shape index (κ3) is 3.42. The number of nitrogens with zero attached hydrogens (tertiary/aromatic N) is 1. The maximum absolute atomic E-state index is 12.2. The second-order valence-corrected chi connectivity index (χ2v) is 7.12. The summed E-state index contributed by atoms with van der Waals surface area (Å²) in [5.41, 5.74) is 1.65. The number of nitrogens with one attached hydrogen (secondary N) is 1. The molecule has 2 rings (SSSR count). The number of fused-ring (bicyclic) bond motifs is 1. The third-order valence-corrected chi connectivity index (χ3v) is 5.00. The Kier molecular flexibility index (Phi) is 4.65. The van der Waals surface area contributed by atoms with Crippen LogP contribution in [0.1, 0.15) is 19.4 Å². The average Bonchev–Trinajstić information content (AvgIpc) is 2.87. The number of aliphatic hydroxyl groups is 1. The molecule has 2 N–H and O–H groups in total. The van der Waals surface area contributed by atoms with Crippen LogP contribution in [0.2, 0.25) is 0 Å². The molecule has 1 unspecified atom stereocenters. The normalized spacial score (nSPS) is 15.9. The molecule has 0 fully saturated rings. The fourth-order valence-corrected chi connectivity index (χ4v) is 3.44. The minimum atomic E-state index is -3.64. The first-order valence-electron chi connectivity index (χ1n) is 6.86. The Morgan fingerprint density at radius 1 is 1.48 bits per heavy atom. The molecule has 1 aliphatic heterocycles. The van der Waals surface area contributed by atoms with Gasteiger partial charge in [0.15, 0.2) is 0 Å². The quantitative estimate of drug-likeness (QED) is 0.829. The number of aliphatic hydroxyl groups excluding tert-OH is 1. The van der Waals surface area contributed by atoms with Crippen LogP contribution in [0.4, 0.5) is 5.69 Å². The lowest BCUT2D eigenvalue weighted by atomic mass is 10.2. The number of rotatable bonds is 5. The lowest BCUT2D eigenvalue weighted by Crippen LogP contribution is -2.30. The molecule has 1 aromatic rings. The summed E-state index contributed by atoms with van der Waals surface area (Å²) in [6.07, 6.45) is 0.740. The fraction of sp³-hybridized carbons (Fsp3) is 0.500. The van der Waals surface area contributed by atoms with E-state index in [-0.39, 0.29) is 29.9 Å². The van der Waals surface area contributed by atoms with E-state index >= 15 is 0 Å². The molecule has 0 aromatic heterocycles. The first-order valence-corrected chi connectivity index (χ1v) is 8.35. The van der Waals surface area contributed by atoms with Gasteiger partial charge < -0.3 is 10.0 Å². The van der Waals surface area contributed by atoms with Gasteiger partial charge in [0.25, 0.3) is 0 Å². The standard InChI is InChI=1S/C14H20N2O4S/c1-10(9-17)8-15-21(19,20)13-4-3-12-5-6-16(11(2)18)14(12)7-13/h3-4,7,10,15,17H,5-6,8-9H2,1-2H3. The second-order valence-electron chi connectivity index (χ2n) is 5.35. The van der Waals surface area contributed by atoms with E-state index in [1.807, 2.05) is 0 Å². The molecule has 1 aliphatic rings. The van der Waals surface area contributed by atoms with Crippen LogP contribution in [0.3, 0.4) is 0 Å². The van der Waals surface area contributed by atoms with Crippen LogP contribution < -0.4 is 9.62 Å². The smallest absolute Gasteiger partial charge is 0.240 e. The predicted molar refractivity (Wildman–Crippen MR) is 79.6 cm³/mol. The molecule has 1 aromatic carbocycles. The molecule has 1 atom stereocenters. The van der Waals surface area contributed by atoms with E-state index in [1.54, 1.807) is 24.0 Å². The monoisotopic (exact) mass is 312 g/mol. The van der Waals surface area contributed by atoms with Gasteiger partial charge in [-0.25, -0.2) is 13.1 Å². The van der Waals surface area contributed by atoms with Crippen molar-refractivity contribution in [2.45, 2.75) is 25.2 Å². The second kappa shape index (κ2) is 6.13. The molecule has 1 amide bonds. The Hall–Kier alpha value is -1.44. The van der Waals surface area contributed by atoms with Gasteiger partial charge in [0.1, 0.15) is 0 Å². The minimum absolute atomic E-state index is 0.0785. The van der Waals surface area contributed by atoms with Crippen LogP contribution >= 0.6 is 0 Å². The van der Waals surface area contributed by atoms with Gasteiger partial charge in [0.2, 0.25) is 15.9 Å². The number of carbonyl (C=O) groups is 1.